The van der Waals surface area contributed by atoms with E-state index in [2.05, 4.69) is 19.1 Å². The molecule has 1 N–H and O–H groups in total. The molecule has 0 radical (unpaired) electrons. The number of aryl methyl sites for hydroxylation is 1. The van der Waals surface area contributed by atoms with E-state index in [0.29, 0.717) is 12.0 Å². The van der Waals surface area contributed by atoms with Crippen LogP contribution in [0.25, 0.3) is 0 Å². The Balaban J connectivity index is 1.73. The maximum atomic E-state index is 10.1. The minimum atomic E-state index is -0.210. The molecule has 1 aromatic carbocycles. The molecule has 1 saturated carbocycles. The highest BCUT2D eigenvalue weighted by Crippen LogP contribution is 2.34. The summed E-state index contributed by atoms with van der Waals surface area (Å²) >= 11 is 0. The Labute approximate surface area is 110 Å². The van der Waals surface area contributed by atoms with E-state index in [1.165, 1.54) is 11.1 Å². The molecule has 2 rings (SSSR count). The van der Waals surface area contributed by atoms with Crippen molar-refractivity contribution in [1.82, 2.24) is 0 Å². The van der Waals surface area contributed by atoms with Crippen LogP contribution in [0.5, 0.6) is 0 Å². The van der Waals surface area contributed by atoms with Crippen molar-refractivity contribution >= 4 is 0 Å². The number of aliphatic hydroxyl groups is 1. The summed E-state index contributed by atoms with van der Waals surface area (Å²) < 4.78 is 5.55. The van der Waals surface area contributed by atoms with Gasteiger partial charge in [-0.2, -0.15) is 0 Å². The van der Waals surface area contributed by atoms with E-state index in [-0.39, 0.29) is 6.10 Å². The third-order valence-electron chi connectivity index (χ3n) is 3.92. The van der Waals surface area contributed by atoms with E-state index in [1.54, 1.807) is 0 Å². The molecule has 1 aliphatic rings. The molecule has 0 amide bonds. The monoisotopic (exact) mass is 248 g/mol. The van der Waals surface area contributed by atoms with Crippen molar-refractivity contribution in [2.75, 3.05) is 6.61 Å². The molecular weight excluding hydrogens is 224 g/mol. The third kappa shape index (κ3) is 3.56. The average molecular weight is 248 g/mol. The predicted molar refractivity (Wildman–Crippen MR) is 73.6 cm³/mol. The van der Waals surface area contributed by atoms with Crippen molar-refractivity contribution in [3.8, 4) is 0 Å². The Morgan fingerprint density at radius 1 is 1.33 bits per heavy atom. The van der Waals surface area contributed by atoms with Gasteiger partial charge in [0, 0.05) is 6.61 Å². The first kappa shape index (κ1) is 13.6. The van der Waals surface area contributed by atoms with E-state index < -0.39 is 0 Å². The zero-order valence-corrected chi connectivity index (χ0v) is 11.4. The lowest BCUT2D eigenvalue weighted by Crippen LogP contribution is -2.34. The lowest BCUT2D eigenvalue weighted by molar-refractivity contribution is -0.0375. The van der Waals surface area contributed by atoms with Gasteiger partial charge in [-0.15, -0.1) is 0 Å². The first-order chi connectivity index (χ1) is 8.69. The van der Waals surface area contributed by atoms with Crippen LogP contribution in [-0.4, -0.2) is 23.9 Å². The van der Waals surface area contributed by atoms with Crippen molar-refractivity contribution in [3.05, 3.63) is 35.4 Å². The van der Waals surface area contributed by atoms with Crippen LogP contribution in [0.3, 0.4) is 0 Å². The third-order valence-corrected chi connectivity index (χ3v) is 3.92. The van der Waals surface area contributed by atoms with Crippen LogP contribution in [0.2, 0.25) is 0 Å². The molecule has 2 heteroatoms. The second-order valence-electron chi connectivity index (χ2n) is 5.43. The maximum absolute atomic E-state index is 10.1. The summed E-state index contributed by atoms with van der Waals surface area (Å²) in [5, 5.41) is 10.1. The van der Waals surface area contributed by atoms with Crippen LogP contribution in [0.1, 0.15) is 37.3 Å². The van der Waals surface area contributed by atoms with Crippen LogP contribution in [0, 0.1) is 12.8 Å². The molecule has 1 atom stereocenters. The van der Waals surface area contributed by atoms with Gasteiger partial charge in [-0.25, -0.2) is 0 Å². The largest absolute Gasteiger partial charge is 0.393 e. The Hall–Kier alpha value is -0.860. The Kier molecular flexibility index (Phi) is 4.79. The number of aliphatic hydroxyl groups excluding tert-OH is 1. The van der Waals surface area contributed by atoms with Gasteiger partial charge >= 0.3 is 0 Å². The summed E-state index contributed by atoms with van der Waals surface area (Å²) in [5.41, 5.74) is 2.54. The first-order valence-electron chi connectivity index (χ1n) is 7.03. The number of ether oxygens (including phenoxy) is 1. The summed E-state index contributed by atoms with van der Waals surface area (Å²) in [7, 11) is 0. The van der Waals surface area contributed by atoms with Crippen molar-refractivity contribution in [1.29, 1.82) is 0 Å². The van der Waals surface area contributed by atoms with Gasteiger partial charge in [0.25, 0.3) is 0 Å². The predicted octanol–water partition coefficient (Wildman–Crippen LogP) is 3.10. The number of rotatable bonds is 6. The number of hydrogen-bond donors (Lipinski definition) is 1. The average Bonchev–Trinajstić information content (AvgIpc) is 2.29. The number of hydrogen-bond acceptors (Lipinski definition) is 2. The van der Waals surface area contributed by atoms with Gasteiger partial charge in [0.2, 0.25) is 0 Å². The van der Waals surface area contributed by atoms with Gasteiger partial charge in [0.15, 0.2) is 0 Å². The Morgan fingerprint density at radius 3 is 2.72 bits per heavy atom. The van der Waals surface area contributed by atoms with Crippen LogP contribution in [0.15, 0.2) is 24.3 Å². The topological polar surface area (TPSA) is 29.5 Å². The molecule has 100 valence electrons. The summed E-state index contributed by atoms with van der Waals surface area (Å²) in [6, 6.07) is 8.31. The quantitative estimate of drug-likeness (QED) is 0.838. The highest BCUT2D eigenvalue weighted by molar-refractivity contribution is 5.26. The summed E-state index contributed by atoms with van der Waals surface area (Å²) in [4.78, 5) is 0. The van der Waals surface area contributed by atoms with E-state index in [4.69, 9.17) is 4.74 Å². The summed E-state index contributed by atoms with van der Waals surface area (Å²) in [6.07, 6.45) is 4.18. The summed E-state index contributed by atoms with van der Waals surface area (Å²) in [5.74, 6) is 0.653. The highest BCUT2D eigenvalue weighted by Gasteiger charge is 2.30. The maximum Gasteiger partial charge on any atom is 0.0583 e. The van der Waals surface area contributed by atoms with E-state index in [0.717, 1.165) is 32.3 Å². The van der Waals surface area contributed by atoms with Gasteiger partial charge in [-0.05, 0) is 56.6 Å². The smallest absolute Gasteiger partial charge is 0.0583 e. The second kappa shape index (κ2) is 6.35. The fourth-order valence-electron chi connectivity index (χ4n) is 2.80. The molecule has 0 heterocycles. The van der Waals surface area contributed by atoms with E-state index in [1.807, 2.05) is 19.1 Å². The van der Waals surface area contributed by atoms with Crippen molar-refractivity contribution in [3.63, 3.8) is 0 Å². The van der Waals surface area contributed by atoms with Crippen LogP contribution >= 0.6 is 0 Å². The van der Waals surface area contributed by atoms with E-state index in [9.17, 15) is 5.11 Å². The van der Waals surface area contributed by atoms with Crippen LogP contribution in [-0.2, 0) is 11.2 Å². The Bertz CT molecular complexity index is 369. The molecule has 0 saturated heterocycles. The lowest BCUT2D eigenvalue weighted by Gasteiger charge is -2.36. The van der Waals surface area contributed by atoms with E-state index >= 15 is 0 Å². The van der Waals surface area contributed by atoms with Crippen molar-refractivity contribution < 1.29 is 9.84 Å². The molecule has 18 heavy (non-hydrogen) atoms. The molecule has 0 aromatic heterocycles. The summed E-state index contributed by atoms with van der Waals surface area (Å²) in [6.45, 7) is 4.96. The van der Waals surface area contributed by atoms with Crippen molar-refractivity contribution in [2.24, 2.45) is 5.92 Å². The fraction of sp³-hybridized carbons (Fsp3) is 0.625. The minimum absolute atomic E-state index is 0.210. The van der Waals surface area contributed by atoms with Crippen LogP contribution < -0.4 is 0 Å². The van der Waals surface area contributed by atoms with Gasteiger partial charge in [0.05, 0.1) is 12.2 Å². The molecule has 1 aliphatic carbocycles. The fourth-order valence-corrected chi connectivity index (χ4v) is 2.80. The zero-order valence-electron chi connectivity index (χ0n) is 11.4. The molecular formula is C16H24O2. The second-order valence-corrected chi connectivity index (χ2v) is 5.43. The molecule has 1 unspecified atom stereocenters. The first-order valence-corrected chi connectivity index (χ1v) is 7.03. The lowest BCUT2D eigenvalue weighted by atomic mass is 9.78. The standard InChI is InChI=1S/C16H24O2/c1-3-18-16-9-13(10-16)8-15(17)11-14-7-5-4-6-12(14)2/h4-7,13,15-17H,3,8-11H2,1-2H3. The van der Waals surface area contributed by atoms with Crippen LogP contribution in [0.4, 0.5) is 0 Å². The highest BCUT2D eigenvalue weighted by atomic mass is 16.5. The van der Waals surface area contributed by atoms with Crippen molar-refractivity contribution in [2.45, 2.75) is 51.7 Å². The van der Waals surface area contributed by atoms with Gasteiger partial charge in [0.1, 0.15) is 0 Å². The molecule has 0 bridgehead atoms. The molecule has 1 fully saturated rings. The minimum Gasteiger partial charge on any atom is -0.393 e. The molecule has 0 aliphatic heterocycles. The molecule has 1 aromatic rings. The normalized spacial score (nSPS) is 24.6. The SMILES string of the molecule is CCOC1CC(CC(O)Cc2ccccc2C)C1. The number of benzene rings is 1. The molecule has 0 spiro atoms. The van der Waals surface area contributed by atoms with Gasteiger partial charge < -0.3 is 9.84 Å². The molecule has 2 nitrogen and oxygen atoms in total. The van der Waals surface area contributed by atoms with Gasteiger partial charge in [-0.1, -0.05) is 24.3 Å². The zero-order chi connectivity index (χ0) is 13.0. The Morgan fingerprint density at radius 2 is 2.06 bits per heavy atom. The van der Waals surface area contributed by atoms with Gasteiger partial charge in [-0.3, -0.25) is 0 Å².